The lowest BCUT2D eigenvalue weighted by Crippen LogP contribution is -2.22. The molecule has 2 aromatic carbocycles. The molecule has 2 rings (SSSR count). The molecule has 0 atom stereocenters. The highest BCUT2D eigenvalue weighted by atomic mass is 79.9. The number of hydrogen-bond donors (Lipinski definition) is 2. The maximum atomic E-state index is 5.93. The first kappa shape index (κ1) is 17.1. The fourth-order valence-electron chi connectivity index (χ4n) is 2.06. The summed E-state index contributed by atoms with van der Waals surface area (Å²) in [5.74, 6) is 1.67. The molecule has 0 fully saturated rings. The lowest BCUT2D eigenvalue weighted by molar-refractivity contribution is 0.352. The Morgan fingerprint density at radius 2 is 1.87 bits per heavy atom. The monoisotopic (exact) mass is 377 g/mol. The highest BCUT2D eigenvalue weighted by Gasteiger charge is 2.10. The molecule has 0 aromatic heterocycles. The number of guanidine groups is 1. The van der Waals surface area contributed by atoms with E-state index in [0.717, 1.165) is 15.7 Å². The number of benzene rings is 2. The molecule has 3 N–H and O–H groups in total. The van der Waals surface area contributed by atoms with Gasteiger partial charge in [-0.25, -0.2) is 4.99 Å². The summed E-state index contributed by atoms with van der Waals surface area (Å²) in [5.41, 5.74) is 8.99. The molecule has 23 heavy (non-hydrogen) atoms. The zero-order valence-corrected chi connectivity index (χ0v) is 15.0. The minimum Gasteiger partial charge on any atom is -0.493 e. The molecule has 0 unspecified atom stereocenters. The first-order valence-corrected chi connectivity index (χ1v) is 7.86. The van der Waals surface area contributed by atoms with Crippen LogP contribution in [0.2, 0.25) is 0 Å². The number of nitrogens with zero attached hydrogens (tertiary/aromatic N) is 1. The normalized spacial score (nSPS) is 11.2. The van der Waals surface area contributed by atoms with Gasteiger partial charge in [-0.2, -0.15) is 0 Å². The Hall–Kier alpha value is -2.21. The second kappa shape index (κ2) is 7.87. The molecule has 2 aromatic rings. The van der Waals surface area contributed by atoms with Crippen LogP contribution in [0.3, 0.4) is 0 Å². The Balaban J connectivity index is 2.09. The lowest BCUT2D eigenvalue weighted by Gasteiger charge is -2.11. The van der Waals surface area contributed by atoms with Crippen LogP contribution in [0.1, 0.15) is 11.1 Å². The number of aryl methyl sites for hydroxylation is 1. The molecule has 5 nitrogen and oxygen atoms in total. The van der Waals surface area contributed by atoms with Gasteiger partial charge in [-0.05, 0) is 52.7 Å². The molecule has 6 heteroatoms. The number of ether oxygens (including phenoxy) is 2. The van der Waals surface area contributed by atoms with Gasteiger partial charge in [0.1, 0.15) is 0 Å². The van der Waals surface area contributed by atoms with E-state index in [0.29, 0.717) is 24.0 Å². The quantitative estimate of drug-likeness (QED) is 0.615. The number of nitrogens with two attached hydrogens (primary N) is 1. The van der Waals surface area contributed by atoms with E-state index in [9.17, 15) is 0 Å². The van der Waals surface area contributed by atoms with Crippen molar-refractivity contribution in [3.8, 4) is 11.5 Å². The molecule has 0 aliphatic rings. The summed E-state index contributed by atoms with van der Waals surface area (Å²) in [6.45, 7) is 2.47. The number of hydrogen-bond acceptors (Lipinski definition) is 3. The van der Waals surface area contributed by atoms with Crippen LogP contribution in [-0.4, -0.2) is 20.2 Å². The van der Waals surface area contributed by atoms with Gasteiger partial charge in [0.2, 0.25) is 0 Å². The second-order valence-electron chi connectivity index (χ2n) is 5.01. The van der Waals surface area contributed by atoms with Crippen LogP contribution < -0.4 is 20.5 Å². The summed E-state index contributed by atoms with van der Waals surface area (Å²) < 4.78 is 11.4. The SMILES string of the molecule is COc1cc(CN=C(N)Nc2ccc(C)cc2)cc(Br)c1OC. The fourth-order valence-corrected chi connectivity index (χ4v) is 2.71. The topological polar surface area (TPSA) is 68.9 Å². The first-order chi connectivity index (χ1) is 11.0. The predicted octanol–water partition coefficient (Wildman–Crippen LogP) is 3.70. The van der Waals surface area contributed by atoms with E-state index in [4.69, 9.17) is 15.2 Å². The van der Waals surface area contributed by atoms with Gasteiger partial charge in [-0.3, -0.25) is 0 Å². The Morgan fingerprint density at radius 3 is 2.48 bits per heavy atom. The highest BCUT2D eigenvalue weighted by molar-refractivity contribution is 9.10. The Bertz CT molecular complexity index is 700. The van der Waals surface area contributed by atoms with Crippen molar-refractivity contribution in [1.29, 1.82) is 0 Å². The van der Waals surface area contributed by atoms with Gasteiger partial charge in [0, 0.05) is 5.69 Å². The zero-order chi connectivity index (χ0) is 16.8. The summed E-state index contributed by atoms with van der Waals surface area (Å²) >= 11 is 3.47. The summed E-state index contributed by atoms with van der Waals surface area (Å²) in [6, 6.07) is 11.8. The van der Waals surface area contributed by atoms with Crippen molar-refractivity contribution in [1.82, 2.24) is 0 Å². The van der Waals surface area contributed by atoms with E-state index in [-0.39, 0.29) is 0 Å². The van der Waals surface area contributed by atoms with Crippen LogP contribution in [0.15, 0.2) is 45.9 Å². The van der Waals surface area contributed by atoms with E-state index in [2.05, 4.69) is 26.2 Å². The number of methoxy groups -OCH3 is 2. The number of aliphatic imine (C=N–C) groups is 1. The van der Waals surface area contributed by atoms with E-state index < -0.39 is 0 Å². The molecule has 0 aliphatic carbocycles. The van der Waals surface area contributed by atoms with Crippen LogP contribution in [0.25, 0.3) is 0 Å². The molecule has 0 spiro atoms. The standard InChI is InChI=1S/C17H20BrN3O2/c1-11-4-6-13(7-5-11)21-17(19)20-10-12-8-14(18)16(23-3)15(9-12)22-2/h4-9H,10H2,1-3H3,(H3,19,20,21). The number of rotatable bonds is 5. The predicted molar refractivity (Wildman–Crippen MR) is 97.4 cm³/mol. The van der Waals surface area contributed by atoms with Gasteiger partial charge < -0.3 is 20.5 Å². The molecule has 0 bridgehead atoms. The molecule has 0 aliphatic heterocycles. The Morgan fingerprint density at radius 1 is 1.17 bits per heavy atom. The van der Waals surface area contributed by atoms with Crippen molar-refractivity contribution in [2.24, 2.45) is 10.7 Å². The van der Waals surface area contributed by atoms with Gasteiger partial charge in [-0.15, -0.1) is 0 Å². The van der Waals surface area contributed by atoms with Crippen molar-refractivity contribution in [3.63, 3.8) is 0 Å². The molecule has 0 amide bonds. The highest BCUT2D eigenvalue weighted by Crippen LogP contribution is 2.36. The molecule has 0 radical (unpaired) electrons. The summed E-state index contributed by atoms with van der Waals surface area (Å²) in [4.78, 5) is 4.35. The van der Waals surface area contributed by atoms with E-state index in [1.54, 1.807) is 14.2 Å². The van der Waals surface area contributed by atoms with E-state index in [1.165, 1.54) is 5.56 Å². The Labute approximate surface area is 144 Å². The number of halogens is 1. The molecular formula is C17H20BrN3O2. The average Bonchev–Trinajstić information content (AvgIpc) is 2.54. The van der Waals surface area contributed by atoms with Crippen LogP contribution in [0.4, 0.5) is 5.69 Å². The molecule has 0 heterocycles. The first-order valence-electron chi connectivity index (χ1n) is 7.07. The van der Waals surface area contributed by atoms with Gasteiger partial charge in [0.15, 0.2) is 17.5 Å². The molecular weight excluding hydrogens is 358 g/mol. The second-order valence-corrected chi connectivity index (χ2v) is 5.86. The minimum absolute atomic E-state index is 0.361. The average molecular weight is 378 g/mol. The van der Waals surface area contributed by atoms with Crippen molar-refractivity contribution in [3.05, 3.63) is 52.0 Å². The molecule has 0 saturated carbocycles. The van der Waals surface area contributed by atoms with Crippen molar-refractivity contribution >= 4 is 27.6 Å². The van der Waals surface area contributed by atoms with Crippen molar-refractivity contribution in [2.45, 2.75) is 13.5 Å². The van der Waals surface area contributed by atoms with Crippen LogP contribution in [-0.2, 0) is 6.54 Å². The van der Waals surface area contributed by atoms with E-state index >= 15 is 0 Å². The van der Waals surface area contributed by atoms with Gasteiger partial charge in [0.25, 0.3) is 0 Å². The minimum atomic E-state index is 0.361. The summed E-state index contributed by atoms with van der Waals surface area (Å²) in [5, 5.41) is 3.07. The number of nitrogens with one attached hydrogen (secondary N) is 1. The molecule has 122 valence electrons. The van der Waals surface area contributed by atoms with Crippen molar-refractivity contribution in [2.75, 3.05) is 19.5 Å². The smallest absolute Gasteiger partial charge is 0.193 e. The van der Waals surface area contributed by atoms with Gasteiger partial charge in [-0.1, -0.05) is 17.7 Å². The summed E-state index contributed by atoms with van der Waals surface area (Å²) in [6.07, 6.45) is 0. The zero-order valence-electron chi connectivity index (χ0n) is 13.4. The molecule has 0 saturated heterocycles. The largest absolute Gasteiger partial charge is 0.493 e. The van der Waals surface area contributed by atoms with Gasteiger partial charge >= 0.3 is 0 Å². The Kier molecular flexibility index (Phi) is 5.87. The summed E-state index contributed by atoms with van der Waals surface area (Å²) in [7, 11) is 3.20. The van der Waals surface area contributed by atoms with Crippen LogP contribution in [0.5, 0.6) is 11.5 Å². The van der Waals surface area contributed by atoms with Crippen LogP contribution >= 0.6 is 15.9 Å². The maximum Gasteiger partial charge on any atom is 0.193 e. The van der Waals surface area contributed by atoms with Crippen molar-refractivity contribution < 1.29 is 9.47 Å². The third-order valence-corrected chi connectivity index (χ3v) is 3.84. The number of anilines is 1. The van der Waals surface area contributed by atoms with Crippen LogP contribution in [0, 0.1) is 6.92 Å². The third kappa shape index (κ3) is 4.63. The maximum absolute atomic E-state index is 5.93. The van der Waals surface area contributed by atoms with E-state index in [1.807, 2.05) is 43.3 Å². The third-order valence-electron chi connectivity index (χ3n) is 3.25. The fraction of sp³-hybridized carbons (Fsp3) is 0.235. The lowest BCUT2D eigenvalue weighted by atomic mass is 10.2. The van der Waals surface area contributed by atoms with Gasteiger partial charge in [0.05, 0.1) is 25.2 Å².